The molecule has 102 valence electrons. The Kier molecular flexibility index (Phi) is 3.74. The molecule has 0 aromatic heterocycles. The van der Waals surface area contributed by atoms with Gasteiger partial charge in [-0.15, -0.1) is 0 Å². The smallest absolute Gasteiger partial charge is 0.228 e. The summed E-state index contributed by atoms with van der Waals surface area (Å²) in [6.45, 7) is 1.29. The highest BCUT2D eigenvalue weighted by Crippen LogP contribution is 2.29. The number of carbonyl (C=O) groups excluding carboxylic acids is 1. The van der Waals surface area contributed by atoms with Gasteiger partial charge in [0.1, 0.15) is 0 Å². The zero-order valence-electron chi connectivity index (χ0n) is 10.1. The second kappa shape index (κ2) is 4.99. The van der Waals surface area contributed by atoms with Crippen molar-refractivity contribution in [3.05, 3.63) is 11.5 Å². The van der Waals surface area contributed by atoms with Crippen molar-refractivity contribution in [2.24, 2.45) is 11.1 Å². The number of hydrogen-bond donors (Lipinski definition) is 2. The van der Waals surface area contributed by atoms with E-state index in [1.54, 1.807) is 0 Å². The van der Waals surface area contributed by atoms with Crippen LogP contribution in [-0.4, -0.2) is 45.9 Å². The average molecular weight is 274 g/mol. The van der Waals surface area contributed by atoms with E-state index >= 15 is 0 Å². The van der Waals surface area contributed by atoms with Crippen LogP contribution in [0.3, 0.4) is 0 Å². The highest BCUT2D eigenvalue weighted by molar-refractivity contribution is 7.94. The number of amides is 1. The van der Waals surface area contributed by atoms with Gasteiger partial charge in [0, 0.05) is 25.2 Å². The minimum absolute atomic E-state index is 0.0596. The third-order valence-electron chi connectivity index (χ3n) is 3.57. The van der Waals surface area contributed by atoms with E-state index in [1.165, 1.54) is 6.08 Å². The Balaban J connectivity index is 2.01. The SMILES string of the molecule is NCC1(C(=O)NC2C=CS(=O)(=O)C2)CCOCC1. The summed E-state index contributed by atoms with van der Waals surface area (Å²) in [6, 6.07) is -0.436. The minimum atomic E-state index is -3.15. The molecule has 0 bridgehead atoms. The maximum Gasteiger partial charge on any atom is 0.228 e. The monoisotopic (exact) mass is 274 g/mol. The molecule has 3 N–H and O–H groups in total. The standard InChI is InChI=1S/C11H18N2O4S/c12-8-11(2-4-17-5-3-11)10(14)13-9-1-6-18(15,16)7-9/h1,6,9H,2-5,7-8,12H2,(H,13,14). The van der Waals surface area contributed by atoms with Crippen molar-refractivity contribution in [1.82, 2.24) is 5.32 Å². The quantitative estimate of drug-likeness (QED) is 0.700. The average Bonchev–Trinajstić information content (AvgIpc) is 2.69. The third-order valence-corrected chi connectivity index (χ3v) is 4.96. The molecule has 18 heavy (non-hydrogen) atoms. The van der Waals surface area contributed by atoms with Gasteiger partial charge in [-0.1, -0.05) is 0 Å². The molecular formula is C11H18N2O4S. The van der Waals surface area contributed by atoms with Gasteiger partial charge in [0.05, 0.1) is 17.2 Å². The van der Waals surface area contributed by atoms with E-state index in [1.807, 2.05) is 0 Å². The van der Waals surface area contributed by atoms with Crippen molar-refractivity contribution < 1.29 is 17.9 Å². The fraction of sp³-hybridized carbons (Fsp3) is 0.727. The van der Waals surface area contributed by atoms with Gasteiger partial charge in [-0.2, -0.15) is 0 Å². The first-order valence-electron chi connectivity index (χ1n) is 5.97. The highest BCUT2D eigenvalue weighted by Gasteiger charge is 2.40. The zero-order valence-corrected chi connectivity index (χ0v) is 10.9. The lowest BCUT2D eigenvalue weighted by Crippen LogP contribution is -2.51. The summed E-state index contributed by atoms with van der Waals surface area (Å²) in [6.07, 6.45) is 2.67. The molecule has 1 saturated heterocycles. The van der Waals surface area contributed by atoms with Gasteiger partial charge < -0.3 is 15.8 Å². The molecule has 2 aliphatic heterocycles. The Bertz CT molecular complexity index is 452. The Morgan fingerprint density at radius 1 is 1.44 bits per heavy atom. The van der Waals surface area contributed by atoms with Crippen LogP contribution in [0.15, 0.2) is 11.5 Å². The molecule has 0 spiro atoms. The minimum Gasteiger partial charge on any atom is -0.381 e. The van der Waals surface area contributed by atoms with E-state index < -0.39 is 21.3 Å². The molecule has 0 radical (unpaired) electrons. The van der Waals surface area contributed by atoms with Crippen molar-refractivity contribution in [3.8, 4) is 0 Å². The molecule has 7 heteroatoms. The second-order valence-corrected chi connectivity index (χ2v) is 6.77. The molecule has 0 aromatic rings. The van der Waals surface area contributed by atoms with Gasteiger partial charge in [0.2, 0.25) is 5.91 Å². The predicted octanol–water partition coefficient (Wildman–Crippen LogP) is -0.831. The highest BCUT2D eigenvalue weighted by atomic mass is 32.2. The number of nitrogens with two attached hydrogens (primary N) is 1. The van der Waals surface area contributed by atoms with Gasteiger partial charge in [-0.05, 0) is 18.9 Å². The molecule has 1 unspecified atom stereocenters. The van der Waals surface area contributed by atoms with Gasteiger partial charge in [-0.3, -0.25) is 4.79 Å². The fourth-order valence-corrected chi connectivity index (χ4v) is 3.51. The molecule has 0 aromatic carbocycles. The van der Waals surface area contributed by atoms with Crippen LogP contribution in [0, 0.1) is 5.41 Å². The van der Waals surface area contributed by atoms with Gasteiger partial charge >= 0.3 is 0 Å². The van der Waals surface area contributed by atoms with Crippen LogP contribution in [-0.2, 0) is 19.4 Å². The molecule has 1 fully saturated rings. The number of nitrogens with one attached hydrogen (secondary N) is 1. The van der Waals surface area contributed by atoms with Crippen LogP contribution < -0.4 is 11.1 Å². The Morgan fingerprint density at radius 3 is 2.61 bits per heavy atom. The Labute approximate surface area is 106 Å². The molecule has 1 atom stereocenters. The number of sulfone groups is 1. The van der Waals surface area contributed by atoms with Crippen molar-refractivity contribution in [1.29, 1.82) is 0 Å². The van der Waals surface area contributed by atoms with Crippen LogP contribution in [0.2, 0.25) is 0 Å². The van der Waals surface area contributed by atoms with E-state index in [0.717, 1.165) is 5.41 Å². The lowest BCUT2D eigenvalue weighted by atomic mass is 9.79. The molecule has 2 aliphatic rings. The molecular weight excluding hydrogens is 256 g/mol. The molecule has 2 heterocycles. The largest absolute Gasteiger partial charge is 0.381 e. The van der Waals surface area contributed by atoms with Crippen molar-refractivity contribution >= 4 is 15.7 Å². The van der Waals surface area contributed by atoms with Crippen LogP contribution in [0.4, 0.5) is 0 Å². The first-order chi connectivity index (χ1) is 8.47. The maximum absolute atomic E-state index is 12.2. The third kappa shape index (κ3) is 2.73. The van der Waals surface area contributed by atoms with E-state index in [4.69, 9.17) is 10.5 Å². The number of rotatable bonds is 3. The molecule has 0 aliphatic carbocycles. The van der Waals surface area contributed by atoms with Gasteiger partial charge in [0.15, 0.2) is 9.84 Å². The van der Waals surface area contributed by atoms with Crippen LogP contribution in [0.1, 0.15) is 12.8 Å². The van der Waals surface area contributed by atoms with E-state index in [2.05, 4.69) is 5.32 Å². The fourth-order valence-electron chi connectivity index (χ4n) is 2.27. The summed E-state index contributed by atoms with van der Waals surface area (Å²) in [7, 11) is -3.15. The van der Waals surface area contributed by atoms with Crippen molar-refractivity contribution in [3.63, 3.8) is 0 Å². The predicted molar refractivity (Wildman–Crippen MR) is 66.4 cm³/mol. The maximum atomic E-state index is 12.2. The number of carbonyl (C=O) groups is 1. The number of ether oxygens (including phenoxy) is 1. The summed E-state index contributed by atoms with van der Waals surface area (Å²) in [5, 5.41) is 3.91. The molecule has 0 saturated carbocycles. The summed E-state index contributed by atoms with van der Waals surface area (Å²) >= 11 is 0. The van der Waals surface area contributed by atoms with Crippen LogP contribution in [0.5, 0.6) is 0 Å². The summed E-state index contributed by atoms with van der Waals surface area (Å²) in [4.78, 5) is 12.2. The first-order valence-corrected chi connectivity index (χ1v) is 7.69. The summed E-state index contributed by atoms with van der Waals surface area (Å²) in [5.41, 5.74) is 5.10. The van der Waals surface area contributed by atoms with E-state index in [9.17, 15) is 13.2 Å². The normalized spacial score (nSPS) is 29.1. The second-order valence-electron chi connectivity index (χ2n) is 4.83. The van der Waals surface area contributed by atoms with Crippen molar-refractivity contribution in [2.75, 3.05) is 25.5 Å². The first kappa shape index (κ1) is 13.5. The topological polar surface area (TPSA) is 98.5 Å². The number of hydrogen-bond acceptors (Lipinski definition) is 5. The van der Waals surface area contributed by atoms with Crippen molar-refractivity contribution in [2.45, 2.75) is 18.9 Å². The van der Waals surface area contributed by atoms with E-state index in [-0.39, 0.29) is 18.2 Å². The van der Waals surface area contributed by atoms with Gasteiger partial charge in [-0.25, -0.2) is 8.42 Å². The Morgan fingerprint density at radius 2 is 2.11 bits per heavy atom. The molecule has 1 amide bonds. The van der Waals surface area contributed by atoms with Gasteiger partial charge in [0.25, 0.3) is 0 Å². The molecule has 2 rings (SSSR count). The zero-order chi connectivity index (χ0) is 13.2. The lowest BCUT2D eigenvalue weighted by Gasteiger charge is -2.35. The van der Waals surface area contributed by atoms with Crippen LogP contribution >= 0.6 is 0 Å². The lowest BCUT2D eigenvalue weighted by molar-refractivity contribution is -0.136. The van der Waals surface area contributed by atoms with E-state index in [0.29, 0.717) is 26.1 Å². The summed E-state index contributed by atoms with van der Waals surface area (Å²) < 4.78 is 27.8. The van der Waals surface area contributed by atoms with Crippen LogP contribution in [0.25, 0.3) is 0 Å². The Hall–Kier alpha value is -0.920. The molecule has 6 nitrogen and oxygen atoms in total. The summed E-state index contributed by atoms with van der Waals surface area (Å²) in [5.74, 6) is -0.226.